The van der Waals surface area contributed by atoms with Crippen LogP contribution in [0.3, 0.4) is 0 Å². The van der Waals surface area contributed by atoms with Gasteiger partial charge in [-0.05, 0) is 6.07 Å². The van der Waals surface area contributed by atoms with E-state index in [2.05, 4.69) is 0 Å². The predicted molar refractivity (Wildman–Crippen MR) is 57.8 cm³/mol. The van der Waals surface area contributed by atoms with Crippen LogP contribution in [0, 0.1) is 15.9 Å². The van der Waals surface area contributed by atoms with Gasteiger partial charge in [-0.2, -0.15) is 0 Å². The molecule has 1 aromatic rings. The Balaban J connectivity index is 3.24. The number of nitro groups is 1. The molecule has 0 saturated heterocycles. The fourth-order valence-corrected chi connectivity index (χ4v) is 1.84. The lowest BCUT2D eigenvalue weighted by Crippen LogP contribution is -2.04. The molecule has 0 spiro atoms. The molecule has 0 aliphatic carbocycles. The number of rotatable bonds is 5. The van der Waals surface area contributed by atoms with Crippen LogP contribution in [-0.2, 0) is 0 Å². The quantitative estimate of drug-likeness (QED) is 0.473. The van der Waals surface area contributed by atoms with E-state index in [1.165, 1.54) is 0 Å². The summed E-state index contributed by atoms with van der Waals surface area (Å²) in [5.74, 6) is -2.20. The maximum Gasteiger partial charge on any atom is 0.342 e. The van der Waals surface area contributed by atoms with Crippen LogP contribution >= 0.6 is 11.8 Å². The van der Waals surface area contributed by atoms with E-state index in [1.807, 2.05) is 0 Å². The lowest BCUT2D eigenvalue weighted by Gasteiger charge is -2.04. The van der Waals surface area contributed by atoms with Gasteiger partial charge in [-0.3, -0.25) is 10.1 Å². The molecule has 2 N–H and O–H groups in total. The van der Waals surface area contributed by atoms with Crippen LogP contribution in [0.2, 0.25) is 0 Å². The Labute approximate surface area is 99.2 Å². The van der Waals surface area contributed by atoms with Gasteiger partial charge in [-0.15, -0.1) is 11.8 Å². The third kappa shape index (κ3) is 3.14. The van der Waals surface area contributed by atoms with E-state index >= 15 is 0 Å². The molecule has 0 amide bonds. The van der Waals surface area contributed by atoms with Crippen LogP contribution in [0.15, 0.2) is 17.0 Å². The van der Waals surface area contributed by atoms with E-state index in [4.69, 9.17) is 10.2 Å². The van der Waals surface area contributed by atoms with Crippen molar-refractivity contribution >= 4 is 23.4 Å². The van der Waals surface area contributed by atoms with Crippen molar-refractivity contribution in [3.05, 3.63) is 33.6 Å². The Morgan fingerprint density at radius 2 is 2.18 bits per heavy atom. The fourth-order valence-electron chi connectivity index (χ4n) is 1.13. The summed E-state index contributed by atoms with van der Waals surface area (Å²) in [5.41, 5.74) is -1.36. The van der Waals surface area contributed by atoms with Crippen molar-refractivity contribution in [2.75, 3.05) is 12.4 Å². The zero-order valence-electron chi connectivity index (χ0n) is 8.42. The summed E-state index contributed by atoms with van der Waals surface area (Å²) in [7, 11) is 0. The molecule has 0 bridgehead atoms. The molecular formula is C9H8FNO5S. The van der Waals surface area contributed by atoms with Crippen molar-refractivity contribution in [2.24, 2.45) is 0 Å². The highest BCUT2D eigenvalue weighted by molar-refractivity contribution is 7.99. The monoisotopic (exact) mass is 261 g/mol. The number of benzene rings is 1. The molecule has 0 radical (unpaired) electrons. The summed E-state index contributed by atoms with van der Waals surface area (Å²) in [5, 5.41) is 27.9. The Kier molecular flexibility index (Phi) is 4.41. The van der Waals surface area contributed by atoms with Gasteiger partial charge < -0.3 is 10.2 Å². The highest BCUT2D eigenvalue weighted by atomic mass is 32.2. The van der Waals surface area contributed by atoms with Crippen LogP contribution in [0.5, 0.6) is 0 Å². The molecule has 1 rings (SSSR count). The van der Waals surface area contributed by atoms with E-state index < -0.39 is 28.0 Å². The topological polar surface area (TPSA) is 101 Å². The largest absolute Gasteiger partial charge is 0.477 e. The van der Waals surface area contributed by atoms with Crippen LogP contribution < -0.4 is 0 Å². The number of hydrogen-bond acceptors (Lipinski definition) is 5. The van der Waals surface area contributed by atoms with Crippen molar-refractivity contribution in [1.82, 2.24) is 0 Å². The molecule has 0 unspecified atom stereocenters. The third-order valence-electron chi connectivity index (χ3n) is 1.83. The first kappa shape index (κ1) is 13.4. The van der Waals surface area contributed by atoms with E-state index in [-0.39, 0.29) is 17.3 Å². The van der Waals surface area contributed by atoms with Gasteiger partial charge in [0.15, 0.2) is 0 Å². The second-order valence-electron chi connectivity index (χ2n) is 2.93. The lowest BCUT2D eigenvalue weighted by molar-refractivity contribution is -0.385. The molecule has 0 heterocycles. The van der Waals surface area contributed by atoms with E-state index in [0.29, 0.717) is 6.07 Å². The number of carbonyl (C=O) groups is 1. The minimum Gasteiger partial charge on any atom is -0.477 e. The fraction of sp³-hybridized carbons (Fsp3) is 0.222. The number of nitro benzene ring substituents is 1. The number of nitrogens with zero attached hydrogens (tertiary/aromatic N) is 1. The standard InChI is InChI=1S/C9H8FNO5S/c10-6-4-7(11(15)16)5(9(13)14)3-8(6)17-2-1-12/h3-4,12H,1-2H2,(H,13,14). The number of thioether (sulfide) groups is 1. The summed E-state index contributed by atoms with van der Waals surface area (Å²) in [6.45, 7) is -0.205. The minimum atomic E-state index is -1.50. The average Bonchev–Trinajstić information content (AvgIpc) is 2.26. The van der Waals surface area contributed by atoms with Gasteiger partial charge in [0.1, 0.15) is 11.4 Å². The minimum absolute atomic E-state index is 0.0398. The Morgan fingerprint density at radius 1 is 1.53 bits per heavy atom. The normalized spacial score (nSPS) is 10.2. The number of carboxylic acids is 1. The Hall–Kier alpha value is -1.67. The number of halogens is 1. The SMILES string of the molecule is O=C(O)c1cc(SCCO)c(F)cc1[N+](=O)[O-]. The summed E-state index contributed by atoms with van der Waals surface area (Å²) < 4.78 is 13.4. The predicted octanol–water partition coefficient (Wildman–Crippen LogP) is 1.52. The van der Waals surface area contributed by atoms with Gasteiger partial charge in [0.05, 0.1) is 17.6 Å². The van der Waals surface area contributed by atoms with Crippen molar-refractivity contribution in [2.45, 2.75) is 4.90 Å². The van der Waals surface area contributed by atoms with Gasteiger partial charge in [-0.25, -0.2) is 9.18 Å². The van der Waals surface area contributed by atoms with Crippen molar-refractivity contribution in [1.29, 1.82) is 0 Å². The first-order valence-electron chi connectivity index (χ1n) is 4.42. The maximum absolute atomic E-state index is 13.4. The van der Waals surface area contributed by atoms with Crippen LogP contribution in [0.1, 0.15) is 10.4 Å². The third-order valence-corrected chi connectivity index (χ3v) is 2.84. The van der Waals surface area contributed by atoms with Gasteiger partial charge >= 0.3 is 5.97 Å². The molecule has 0 fully saturated rings. The van der Waals surface area contributed by atoms with Gasteiger partial charge in [0, 0.05) is 10.6 Å². The van der Waals surface area contributed by atoms with Crippen molar-refractivity contribution < 1.29 is 24.3 Å². The number of carboxylic acid groups (broad SMARTS) is 1. The first-order chi connectivity index (χ1) is 7.97. The van der Waals surface area contributed by atoms with Crippen molar-refractivity contribution in [3.8, 4) is 0 Å². The van der Waals surface area contributed by atoms with Gasteiger partial charge in [0.25, 0.3) is 5.69 Å². The molecule has 92 valence electrons. The maximum atomic E-state index is 13.4. The smallest absolute Gasteiger partial charge is 0.342 e. The first-order valence-corrected chi connectivity index (χ1v) is 5.40. The van der Waals surface area contributed by atoms with Crippen molar-refractivity contribution in [3.63, 3.8) is 0 Å². The molecular weight excluding hydrogens is 253 g/mol. The van der Waals surface area contributed by atoms with Crippen LogP contribution in [0.25, 0.3) is 0 Å². The summed E-state index contributed by atoms with van der Waals surface area (Å²) >= 11 is 0.888. The zero-order chi connectivity index (χ0) is 13.0. The molecule has 0 aliphatic heterocycles. The second-order valence-corrected chi connectivity index (χ2v) is 4.07. The highest BCUT2D eigenvalue weighted by Gasteiger charge is 2.23. The van der Waals surface area contributed by atoms with Gasteiger partial charge in [-0.1, -0.05) is 0 Å². The molecule has 0 atom stereocenters. The molecule has 0 aliphatic rings. The molecule has 17 heavy (non-hydrogen) atoms. The van der Waals surface area contributed by atoms with Gasteiger partial charge in [0.2, 0.25) is 0 Å². The highest BCUT2D eigenvalue weighted by Crippen LogP contribution is 2.29. The summed E-state index contributed by atoms with van der Waals surface area (Å²) in [4.78, 5) is 20.3. The van der Waals surface area contributed by atoms with E-state index in [1.54, 1.807) is 0 Å². The number of aromatic carboxylic acids is 1. The van der Waals surface area contributed by atoms with Crippen LogP contribution in [0.4, 0.5) is 10.1 Å². The molecule has 0 saturated carbocycles. The molecule has 6 nitrogen and oxygen atoms in total. The summed E-state index contributed by atoms with van der Waals surface area (Å²) in [6.07, 6.45) is 0. The zero-order valence-corrected chi connectivity index (χ0v) is 9.24. The Morgan fingerprint density at radius 3 is 2.65 bits per heavy atom. The average molecular weight is 261 g/mol. The Bertz CT molecular complexity index is 465. The number of aliphatic hydroxyl groups is 1. The second kappa shape index (κ2) is 5.60. The molecule has 0 aromatic heterocycles. The number of aliphatic hydroxyl groups excluding tert-OH is 1. The number of hydrogen-bond donors (Lipinski definition) is 2. The molecule has 8 heteroatoms. The van der Waals surface area contributed by atoms with Crippen LogP contribution in [-0.4, -0.2) is 33.5 Å². The van der Waals surface area contributed by atoms with E-state index in [0.717, 1.165) is 17.8 Å². The lowest BCUT2D eigenvalue weighted by atomic mass is 10.2. The summed E-state index contributed by atoms with van der Waals surface area (Å²) in [6, 6.07) is 1.47. The molecule has 1 aromatic carbocycles. The van der Waals surface area contributed by atoms with E-state index in [9.17, 15) is 19.3 Å².